The molecule has 0 aliphatic carbocycles. The van der Waals surface area contributed by atoms with Gasteiger partial charge in [-0.3, -0.25) is 9.59 Å². The lowest BCUT2D eigenvalue weighted by Crippen LogP contribution is -2.46. The number of hydrogen-bond donors (Lipinski definition) is 4. The first-order valence-electron chi connectivity index (χ1n) is 8.77. The quantitative estimate of drug-likeness (QED) is 0.481. The molecule has 0 bridgehead atoms. The van der Waals surface area contributed by atoms with E-state index in [2.05, 4.69) is 26.5 Å². The smallest absolute Gasteiger partial charge is 0.272 e. The van der Waals surface area contributed by atoms with Crippen molar-refractivity contribution in [1.82, 2.24) is 19.9 Å². The fraction of sp³-hybridized carbons (Fsp3) is 0.190. The molecule has 0 fully saturated rings. The lowest BCUT2D eigenvalue weighted by molar-refractivity contribution is 0.282. The molecule has 0 aliphatic rings. The molecule has 1 aromatic carbocycles. The molecule has 0 aliphatic heterocycles. The molecule has 0 saturated heterocycles. The van der Waals surface area contributed by atoms with Gasteiger partial charge in [0.05, 0.1) is 24.3 Å². The average Bonchev–Trinajstić information content (AvgIpc) is 3.15. The van der Waals surface area contributed by atoms with Crippen LogP contribution in [0.5, 0.6) is 0 Å². The van der Waals surface area contributed by atoms with E-state index >= 15 is 0 Å². The Labute approximate surface area is 160 Å². The molecule has 0 saturated carbocycles. The van der Waals surface area contributed by atoms with Crippen molar-refractivity contribution in [3.63, 3.8) is 0 Å². The Bertz CT molecular complexity index is 1230. The lowest BCUT2D eigenvalue weighted by atomic mass is 9.88. The Morgan fingerprint density at radius 1 is 1.07 bits per heavy atom. The largest absolute Gasteiger partial charge is 0.392 e. The van der Waals surface area contributed by atoms with Crippen LogP contribution in [0, 0.1) is 0 Å². The summed E-state index contributed by atoms with van der Waals surface area (Å²) in [6.45, 7) is 7.71. The number of aliphatic hydroxyl groups excluding tert-OH is 1. The maximum absolute atomic E-state index is 12.5. The standard InChI is InChI=1S/C21H22N4O3/c1-4-21(2,3)18-15(22-12-23-18)10-17-20(28)24-16(19(27)25-17)9-13-5-7-14(11-26)8-6-13/h4-10,12,26H,1,11H2,2-3H3,(H,22,23)(H,24,28)(H,25,27)/b16-9-,17-10-. The van der Waals surface area contributed by atoms with Gasteiger partial charge in [-0.05, 0) is 23.3 Å². The van der Waals surface area contributed by atoms with Crippen molar-refractivity contribution < 1.29 is 5.11 Å². The Kier molecular flexibility index (Phi) is 5.28. The van der Waals surface area contributed by atoms with Crippen LogP contribution in [0.4, 0.5) is 0 Å². The van der Waals surface area contributed by atoms with Crippen LogP contribution in [0.1, 0.15) is 36.4 Å². The molecule has 144 valence electrons. The van der Waals surface area contributed by atoms with Gasteiger partial charge >= 0.3 is 0 Å². The highest BCUT2D eigenvalue weighted by atomic mass is 16.3. The molecule has 0 amide bonds. The van der Waals surface area contributed by atoms with Crippen LogP contribution in [0.25, 0.3) is 12.2 Å². The minimum Gasteiger partial charge on any atom is -0.392 e. The lowest BCUT2D eigenvalue weighted by Gasteiger charge is -2.18. The summed E-state index contributed by atoms with van der Waals surface area (Å²) in [7, 11) is 0. The maximum atomic E-state index is 12.5. The van der Waals surface area contributed by atoms with E-state index in [0.29, 0.717) is 5.69 Å². The minimum absolute atomic E-state index is 0.0555. The summed E-state index contributed by atoms with van der Waals surface area (Å²) in [4.78, 5) is 37.4. The van der Waals surface area contributed by atoms with Gasteiger partial charge in [0.1, 0.15) is 10.7 Å². The van der Waals surface area contributed by atoms with Gasteiger partial charge < -0.3 is 20.1 Å². The molecule has 3 rings (SSSR count). The summed E-state index contributed by atoms with van der Waals surface area (Å²) in [6.07, 6.45) is 6.44. The van der Waals surface area contributed by atoms with E-state index in [1.807, 2.05) is 13.8 Å². The van der Waals surface area contributed by atoms with Crippen LogP contribution in [-0.4, -0.2) is 25.0 Å². The van der Waals surface area contributed by atoms with Gasteiger partial charge in [0.25, 0.3) is 11.1 Å². The number of allylic oxidation sites excluding steroid dienone is 1. The molecule has 0 radical (unpaired) electrons. The van der Waals surface area contributed by atoms with Crippen molar-refractivity contribution in [1.29, 1.82) is 0 Å². The second-order valence-electron chi connectivity index (χ2n) is 7.01. The van der Waals surface area contributed by atoms with Crippen molar-refractivity contribution in [3.8, 4) is 0 Å². The first-order valence-corrected chi connectivity index (χ1v) is 8.77. The van der Waals surface area contributed by atoms with Gasteiger partial charge in [-0.1, -0.05) is 44.2 Å². The van der Waals surface area contributed by atoms with E-state index in [9.17, 15) is 9.59 Å². The summed E-state index contributed by atoms with van der Waals surface area (Å²) >= 11 is 0. The first-order chi connectivity index (χ1) is 13.3. The SMILES string of the molecule is C=CC(C)(C)c1[nH]cnc1/C=c1\[nH]c(=O)/c(=C/c2ccc(CO)cc2)[nH]c1=O. The van der Waals surface area contributed by atoms with E-state index in [1.165, 1.54) is 12.4 Å². The van der Waals surface area contributed by atoms with Gasteiger partial charge in [0.15, 0.2) is 0 Å². The monoisotopic (exact) mass is 378 g/mol. The number of aromatic nitrogens is 4. The van der Waals surface area contributed by atoms with Gasteiger partial charge in [-0.25, -0.2) is 4.98 Å². The number of nitrogens with zero attached hydrogens (tertiary/aromatic N) is 1. The molecule has 7 heteroatoms. The Balaban J connectivity index is 2.09. The highest BCUT2D eigenvalue weighted by Crippen LogP contribution is 2.24. The van der Waals surface area contributed by atoms with Crippen LogP contribution < -0.4 is 21.8 Å². The second-order valence-corrected chi connectivity index (χ2v) is 7.01. The molecule has 4 N–H and O–H groups in total. The fourth-order valence-electron chi connectivity index (χ4n) is 2.75. The van der Waals surface area contributed by atoms with Crippen molar-refractivity contribution >= 4 is 12.2 Å². The van der Waals surface area contributed by atoms with E-state index in [4.69, 9.17) is 5.11 Å². The van der Waals surface area contributed by atoms with Gasteiger partial charge in [0.2, 0.25) is 0 Å². The summed E-state index contributed by atoms with van der Waals surface area (Å²) in [6, 6.07) is 7.02. The van der Waals surface area contributed by atoms with Crippen molar-refractivity contribution in [2.75, 3.05) is 0 Å². The van der Waals surface area contributed by atoms with Crippen LogP contribution in [-0.2, 0) is 12.0 Å². The highest BCUT2D eigenvalue weighted by Gasteiger charge is 2.21. The zero-order chi connectivity index (χ0) is 20.3. The molecule has 7 nitrogen and oxygen atoms in total. The molecule has 2 heterocycles. The zero-order valence-electron chi connectivity index (χ0n) is 15.7. The summed E-state index contributed by atoms with van der Waals surface area (Å²) in [5.74, 6) is 0. The number of nitrogens with one attached hydrogen (secondary N) is 3. The normalized spacial score (nSPS) is 13.1. The van der Waals surface area contributed by atoms with Crippen molar-refractivity contribution in [2.45, 2.75) is 25.9 Å². The summed E-state index contributed by atoms with van der Waals surface area (Å²) < 4.78 is 0. The van der Waals surface area contributed by atoms with Gasteiger partial charge in [0, 0.05) is 5.41 Å². The van der Waals surface area contributed by atoms with E-state index in [1.54, 1.807) is 36.4 Å². The molecule has 3 aromatic rings. The van der Waals surface area contributed by atoms with Crippen LogP contribution in [0.15, 0.2) is 52.8 Å². The fourth-order valence-corrected chi connectivity index (χ4v) is 2.75. The third-order valence-electron chi connectivity index (χ3n) is 4.56. The maximum Gasteiger partial charge on any atom is 0.272 e. The molecular weight excluding hydrogens is 356 g/mol. The molecule has 0 spiro atoms. The van der Waals surface area contributed by atoms with Gasteiger partial charge in [-0.2, -0.15) is 0 Å². The third-order valence-corrected chi connectivity index (χ3v) is 4.56. The van der Waals surface area contributed by atoms with Crippen molar-refractivity contribution in [2.24, 2.45) is 0 Å². The molecule has 0 atom stereocenters. The van der Waals surface area contributed by atoms with Crippen LogP contribution in [0.2, 0.25) is 0 Å². The Morgan fingerprint density at radius 2 is 1.68 bits per heavy atom. The third kappa shape index (κ3) is 3.94. The van der Waals surface area contributed by atoms with Crippen LogP contribution >= 0.6 is 0 Å². The summed E-state index contributed by atoms with van der Waals surface area (Å²) in [5.41, 5.74) is 1.63. The van der Waals surface area contributed by atoms with E-state index in [0.717, 1.165) is 16.8 Å². The minimum atomic E-state index is -0.428. The average molecular weight is 378 g/mol. The van der Waals surface area contributed by atoms with E-state index < -0.39 is 11.1 Å². The molecule has 0 unspecified atom stereocenters. The second kappa shape index (κ2) is 7.66. The van der Waals surface area contributed by atoms with Gasteiger partial charge in [-0.15, -0.1) is 6.58 Å². The Morgan fingerprint density at radius 3 is 2.25 bits per heavy atom. The van der Waals surface area contributed by atoms with Crippen LogP contribution in [0.3, 0.4) is 0 Å². The zero-order valence-corrected chi connectivity index (χ0v) is 15.7. The van der Waals surface area contributed by atoms with Crippen molar-refractivity contribution in [3.05, 3.63) is 97.2 Å². The Hall–Kier alpha value is -3.45. The number of hydrogen-bond acceptors (Lipinski definition) is 4. The predicted octanol–water partition coefficient (Wildman–Crippen LogP) is 0.400. The molecular formula is C21H22N4O3. The molecule has 28 heavy (non-hydrogen) atoms. The topological polar surface area (TPSA) is 115 Å². The first kappa shape index (κ1) is 19.3. The summed E-state index contributed by atoms with van der Waals surface area (Å²) in [5, 5.41) is 9.35. The number of aliphatic hydroxyl groups is 1. The number of benzene rings is 1. The molecule has 2 aromatic heterocycles. The number of aromatic amines is 3. The number of H-pyrrole nitrogens is 3. The highest BCUT2D eigenvalue weighted by molar-refractivity contribution is 5.50. The van der Waals surface area contributed by atoms with E-state index in [-0.39, 0.29) is 22.7 Å². The number of rotatable bonds is 5. The predicted molar refractivity (Wildman–Crippen MR) is 108 cm³/mol. The number of imidazole rings is 1.